The zero-order valence-corrected chi connectivity index (χ0v) is 18.1. The molecule has 1 heterocycles. The molecule has 3 aromatic rings. The summed E-state index contributed by atoms with van der Waals surface area (Å²) in [5.41, 5.74) is 4.72. The lowest BCUT2D eigenvalue weighted by molar-refractivity contribution is 0.250. The van der Waals surface area contributed by atoms with Crippen LogP contribution in [0.4, 0.5) is 5.69 Å². The topological polar surface area (TPSA) is 66.6 Å². The lowest BCUT2D eigenvalue weighted by Crippen LogP contribution is -2.46. The van der Waals surface area contributed by atoms with Crippen molar-refractivity contribution in [3.63, 3.8) is 0 Å². The number of primary sulfonamides is 1. The van der Waals surface area contributed by atoms with Crippen molar-refractivity contribution in [1.29, 1.82) is 0 Å². The molecule has 1 aliphatic heterocycles. The molecule has 0 aliphatic carbocycles. The van der Waals surface area contributed by atoms with Gasteiger partial charge in [-0.2, -0.15) is 0 Å². The summed E-state index contributed by atoms with van der Waals surface area (Å²) in [6.45, 7) is 4.53. The monoisotopic (exact) mass is 441 g/mol. The molecule has 4 rings (SSSR count). The van der Waals surface area contributed by atoms with Crippen LogP contribution in [0.15, 0.2) is 77.7 Å². The number of hydrogen-bond acceptors (Lipinski definition) is 4. The van der Waals surface area contributed by atoms with E-state index in [1.165, 1.54) is 16.7 Å². The maximum atomic E-state index is 11.4. The predicted octanol–water partition coefficient (Wildman–Crippen LogP) is 3.98. The number of anilines is 1. The third kappa shape index (κ3) is 4.84. The normalized spacial score (nSPS) is 15.3. The van der Waals surface area contributed by atoms with Gasteiger partial charge in [0.15, 0.2) is 0 Å². The van der Waals surface area contributed by atoms with E-state index in [9.17, 15) is 8.42 Å². The Labute approximate surface area is 182 Å². The van der Waals surface area contributed by atoms with Gasteiger partial charge in [0.1, 0.15) is 0 Å². The van der Waals surface area contributed by atoms with Crippen molar-refractivity contribution in [3.05, 3.63) is 83.4 Å². The fraction of sp³-hybridized carbons (Fsp3) is 0.217. The standard InChI is InChI=1S/C23H24ClN3O2S/c24-20-7-5-18(6-8-20)23-4-2-1-3-19(23)17-26-13-15-27(16-14-26)21-9-11-22(12-10-21)30(25,28)29/h1-12H,13-17H2,(H2,25,28,29). The predicted molar refractivity (Wildman–Crippen MR) is 122 cm³/mol. The first-order chi connectivity index (χ1) is 14.4. The largest absolute Gasteiger partial charge is 0.369 e. The van der Waals surface area contributed by atoms with E-state index >= 15 is 0 Å². The molecule has 156 valence electrons. The van der Waals surface area contributed by atoms with Crippen molar-refractivity contribution < 1.29 is 8.42 Å². The molecule has 0 atom stereocenters. The van der Waals surface area contributed by atoms with Crippen molar-refractivity contribution in [2.75, 3.05) is 31.1 Å². The maximum absolute atomic E-state index is 11.4. The molecule has 2 N–H and O–H groups in total. The summed E-state index contributed by atoms with van der Waals surface area (Å²) in [6, 6.07) is 23.2. The summed E-state index contributed by atoms with van der Waals surface area (Å²) in [7, 11) is -3.66. The summed E-state index contributed by atoms with van der Waals surface area (Å²) in [5, 5.41) is 5.92. The molecule has 0 amide bonds. The lowest BCUT2D eigenvalue weighted by atomic mass is 9.99. The Kier molecular flexibility index (Phi) is 6.11. The summed E-state index contributed by atoms with van der Waals surface area (Å²) in [4.78, 5) is 4.86. The fourth-order valence-corrected chi connectivity index (χ4v) is 4.46. The third-order valence-electron chi connectivity index (χ3n) is 5.47. The van der Waals surface area contributed by atoms with Crippen molar-refractivity contribution in [2.45, 2.75) is 11.4 Å². The fourth-order valence-electron chi connectivity index (χ4n) is 3.82. The Hall–Kier alpha value is -2.38. The Morgan fingerprint density at radius 3 is 2.10 bits per heavy atom. The molecular weight excluding hydrogens is 418 g/mol. The molecule has 1 aliphatic rings. The van der Waals surface area contributed by atoms with Crippen LogP contribution in [0.5, 0.6) is 0 Å². The molecule has 0 unspecified atom stereocenters. The lowest BCUT2D eigenvalue weighted by Gasteiger charge is -2.36. The molecular formula is C23H24ClN3O2S. The van der Waals surface area contributed by atoms with Crippen LogP contribution < -0.4 is 10.0 Å². The van der Waals surface area contributed by atoms with Crippen molar-refractivity contribution in [1.82, 2.24) is 4.90 Å². The van der Waals surface area contributed by atoms with Gasteiger partial charge >= 0.3 is 0 Å². The van der Waals surface area contributed by atoms with Crippen LogP contribution in [0.25, 0.3) is 11.1 Å². The Bertz CT molecular complexity index is 1110. The number of rotatable bonds is 5. The van der Waals surface area contributed by atoms with Crippen LogP contribution in [-0.2, 0) is 16.6 Å². The van der Waals surface area contributed by atoms with Crippen LogP contribution in [-0.4, -0.2) is 39.5 Å². The molecule has 30 heavy (non-hydrogen) atoms. The van der Waals surface area contributed by atoms with Gasteiger partial charge < -0.3 is 4.90 Å². The molecule has 3 aromatic carbocycles. The number of halogens is 1. The van der Waals surface area contributed by atoms with Gasteiger partial charge in [0.25, 0.3) is 0 Å². The second-order valence-corrected chi connectivity index (χ2v) is 9.46. The second-order valence-electron chi connectivity index (χ2n) is 7.47. The van der Waals surface area contributed by atoms with Gasteiger partial charge in [-0.25, -0.2) is 13.6 Å². The van der Waals surface area contributed by atoms with E-state index in [4.69, 9.17) is 16.7 Å². The molecule has 0 aromatic heterocycles. The van der Waals surface area contributed by atoms with Gasteiger partial charge in [-0.05, 0) is 53.1 Å². The van der Waals surface area contributed by atoms with Crippen molar-refractivity contribution in [2.24, 2.45) is 5.14 Å². The minimum Gasteiger partial charge on any atom is -0.369 e. The van der Waals surface area contributed by atoms with Gasteiger partial charge in [0.2, 0.25) is 10.0 Å². The van der Waals surface area contributed by atoms with Gasteiger partial charge in [-0.1, -0.05) is 48.0 Å². The first kappa shape index (κ1) is 20.9. The number of benzene rings is 3. The summed E-state index contributed by atoms with van der Waals surface area (Å²) in [5.74, 6) is 0. The van der Waals surface area contributed by atoms with Crippen LogP contribution in [0.2, 0.25) is 5.02 Å². The quantitative estimate of drug-likeness (QED) is 0.650. The molecule has 0 bridgehead atoms. The summed E-state index contributed by atoms with van der Waals surface area (Å²) < 4.78 is 22.9. The first-order valence-electron chi connectivity index (χ1n) is 9.84. The van der Waals surface area contributed by atoms with E-state index in [1.54, 1.807) is 12.1 Å². The summed E-state index contributed by atoms with van der Waals surface area (Å²) >= 11 is 6.04. The van der Waals surface area contributed by atoms with Crippen molar-refractivity contribution in [3.8, 4) is 11.1 Å². The zero-order valence-electron chi connectivity index (χ0n) is 16.5. The number of nitrogens with two attached hydrogens (primary N) is 1. The molecule has 0 radical (unpaired) electrons. The number of hydrogen-bond donors (Lipinski definition) is 1. The van der Waals surface area contributed by atoms with Crippen LogP contribution in [0, 0.1) is 0 Å². The van der Waals surface area contributed by atoms with Gasteiger partial charge in [0, 0.05) is 43.4 Å². The Balaban J connectivity index is 1.42. The highest BCUT2D eigenvalue weighted by molar-refractivity contribution is 7.89. The number of piperazine rings is 1. The molecule has 0 saturated carbocycles. The molecule has 0 spiro atoms. The van der Waals surface area contributed by atoms with Gasteiger partial charge in [0.05, 0.1) is 4.90 Å². The third-order valence-corrected chi connectivity index (χ3v) is 6.65. The van der Waals surface area contributed by atoms with Gasteiger partial charge in [-0.3, -0.25) is 4.90 Å². The Morgan fingerprint density at radius 1 is 0.833 bits per heavy atom. The molecule has 5 nitrogen and oxygen atoms in total. The Morgan fingerprint density at radius 2 is 1.47 bits per heavy atom. The SMILES string of the molecule is NS(=O)(=O)c1ccc(N2CCN(Cc3ccccc3-c3ccc(Cl)cc3)CC2)cc1. The first-order valence-corrected chi connectivity index (χ1v) is 11.8. The van der Waals surface area contributed by atoms with E-state index in [2.05, 4.69) is 46.2 Å². The number of sulfonamides is 1. The van der Waals surface area contributed by atoms with Crippen LogP contribution >= 0.6 is 11.6 Å². The van der Waals surface area contributed by atoms with Crippen LogP contribution in [0.3, 0.4) is 0 Å². The van der Waals surface area contributed by atoms with E-state index < -0.39 is 10.0 Å². The van der Waals surface area contributed by atoms with E-state index in [-0.39, 0.29) is 4.90 Å². The highest BCUT2D eigenvalue weighted by Crippen LogP contribution is 2.27. The molecule has 1 saturated heterocycles. The molecule has 1 fully saturated rings. The maximum Gasteiger partial charge on any atom is 0.238 e. The smallest absolute Gasteiger partial charge is 0.238 e. The second kappa shape index (κ2) is 8.78. The minimum atomic E-state index is -3.66. The average Bonchev–Trinajstić information content (AvgIpc) is 2.75. The zero-order chi connectivity index (χ0) is 21.1. The van der Waals surface area contributed by atoms with E-state index in [1.807, 2.05) is 24.3 Å². The summed E-state index contributed by atoms with van der Waals surface area (Å²) in [6.07, 6.45) is 0. The minimum absolute atomic E-state index is 0.142. The van der Waals surface area contributed by atoms with Crippen molar-refractivity contribution >= 4 is 27.3 Å². The van der Waals surface area contributed by atoms with E-state index in [0.717, 1.165) is 43.4 Å². The highest BCUT2D eigenvalue weighted by Gasteiger charge is 2.19. The highest BCUT2D eigenvalue weighted by atomic mass is 35.5. The molecule has 7 heteroatoms. The van der Waals surface area contributed by atoms with E-state index in [0.29, 0.717) is 0 Å². The average molecular weight is 442 g/mol. The van der Waals surface area contributed by atoms with Gasteiger partial charge in [-0.15, -0.1) is 0 Å². The number of nitrogens with zero attached hydrogens (tertiary/aromatic N) is 2. The van der Waals surface area contributed by atoms with Crippen LogP contribution in [0.1, 0.15) is 5.56 Å².